The molecule has 4 rings (SSSR count). The number of carbonyl (C=O) groups excluding carboxylic acids is 1. The van der Waals surface area contributed by atoms with E-state index in [2.05, 4.69) is 11.1 Å². The first-order valence-corrected chi connectivity index (χ1v) is 9.86. The minimum absolute atomic E-state index is 0.151. The van der Waals surface area contributed by atoms with Crippen molar-refractivity contribution in [3.05, 3.63) is 71.4 Å². The molecule has 2 heterocycles. The molecule has 1 aliphatic heterocycles. The summed E-state index contributed by atoms with van der Waals surface area (Å²) < 4.78 is 1.94. The van der Waals surface area contributed by atoms with E-state index in [1.165, 1.54) is 5.56 Å². The van der Waals surface area contributed by atoms with E-state index in [0.717, 1.165) is 49.7 Å². The quantitative estimate of drug-likeness (QED) is 0.674. The van der Waals surface area contributed by atoms with Crippen LogP contribution in [0.1, 0.15) is 12.5 Å². The van der Waals surface area contributed by atoms with Crippen LogP contribution in [0.15, 0.2) is 60.8 Å². The van der Waals surface area contributed by atoms with Crippen molar-refractivity contribution in [3.8, 4) is 16.9 Å². The third-order valence-corrected chi connectivity index (χ3v) is 5.39. The highest BCUT2D eigenvalue weighted by atomic mass is 35.5. The molecule has 1 amide bonds. The smallest absolute Gasteiger partial charge is 0.219 e. The van der Waals surface area contributed by atoms with E-state index in [1.807, 2.05) is 64.2 Å². The molecule has 3 aromatic rings. The van der Waals surface area contributed by atoms with Gasteiger partial charge in [-0.15, -0.1) is 0 Å². The van der Waals surface area contributed by atoms with Gasteiger partial charge in [-0.05, 0) is 24.3 Å². The molecule has 5 nitrogen and oxygen atoms in total. The van der Waals surface area contributed by atoms with Crippen molar-refractivity contribution in [2.45, 2.75) is 13.5 Å². The van der Waals surface area contributed by atoms with Crippen LogP contribution in [0.2, 0.25) is 5.02 Å². The number of hydrogen-bond acceptors (Lipinski definition) is 3. The molecule has 1 aliphatic rings. The van der Waals surface area contributed by atoms with Crippen LogP contribution in [0.25, 0.3) is 16.9 Å². The first-order chi connectivity index (χ1) is 13.6. The Kier molecular flexibility index (Phi) is 5.46. The van der Waals surface area contributed by atoms with Crippen LogP contribution >= 0.6 is 11.6 Å². The average molecular weight is 395 g/mol. The second-order valence-corrected chi connectivity index (χ2v) is 7.51. The minimum Gasteiger partial charge on any atom is -0.340 e. The summed E-state index contributed by atoms with van der Waals surface area (Å²) in [6, 6.07) is 17.9. The lowest BCUT2D eigenvalue weighted by Gasteiger charge is -2.34. The molecular weight excluding hydrogens is 372 g/mol. The third kappa shape index (κ3) is 4.11. The molecule has 0 unspecified atom stereocenters. The lowest BCUT2D eigenvalue weighted by molar-refractivity contribution is -0.130. The monoisotopic (exact) mass is 394 g/mol. The molecule has 0 N–H and O–H groups in total. The number of rotatable bonds is 4. The molecule has 0 spiro atoms. The van der Waals surface area contributed by atoms with Gasteiger partial charge in [-0.2, -0.15) is 5.10 Å². The van der Waals surface area contributed by atoms with Crippen LogP contribution in [0.5, 0.6) is 0 Å². The van der Waals surface area contributed by atoms with E-state index in [9.17, 15) is 4.79 Å². The normalized spacial score (nSPS) is 15.0. The number of amides is 1. The van der Waals surface area contributed by atoms with Crippen molar-refractivity contribution in [2.75, 3.05) is 26.2 Å². The fraction of sp³-hybridized carbons (Fsp3) is 0.273. The second-order valence-electron chi connectivity index (χ2n) is 7.07. The average Bonchev–Trinajstić information content (AvgIpc) is 3.13. The first kappa shape index (κ1) is 18.7. The van der Waals surface area contributed by atoms with Crippen molar-refractivity contribution in [2.24, 2.45) is 0 Å². The molecule has 1 aromatic heterocycles. The summed E-state index contributed by atoms with van der Waals surface area (Å²) in [5, 5.41) is 5.59. The highest BCUT2D eigenvalue weighted by molar-refractivity contribution is 6.30. The third-order valence-electron chi connectivity index (χ3n) is 5.14. The summed E-state index contributed by atoms with van der Waals surface area (Å²) in [5.74, 6) is 0.151. The Morgan fingerprint density at radius 1 is 1.00 bits per heavy atom. The van der Waals surface area contributed by atoms with Crippen LogP contribution < -0.4 is 0 Å². The second kappa shape index (κ2) is 8.17. The Morgan fingerprint density at radius 3 is 2.32 bits per heavy atom. The molecule has 0 radical (unpaired) electrons. The predicted molar refractivity (Wildman–Crippen MR) is 112 cm³/mol. The number of hydrogen-bond donors (Lipinski definition) is 0. The van der Waals surface area contributed by atoms with Gasteiger partial charge < -0.3 is 4.90 Å². The number of carbonyl (C=O) groups is 1. The Hall–Kier alpha value is -2.63. The topological polar surface area (TPSA) is 41.4 Å². The highest BCUT2D eigenvalue weighted by Crippen LogP contribution is 2.26. The Morgan fingerprint density at radius 2 is 1.68 bits per heavy atom. The maximum atomic E-state index is 11.6. The van der Waals surface area contributed by atoms with E-state index in [4.69, 9.17) is 16.7 Å². The van der Waals surface area contributed by atoms with Crippen molar-refractivity contribution in [3.63, 3.8) is 0 Å². The van der Waals surface area contributed by atoms with Gasteiger partial charge in [0.05, 0.1) is 11.4 Å². The summed E-state index contributed by atoms with van der Waals surface area (Å²) in [6.07, 6.45) is 2.11. The molecule has 1 saturated heterocycles. The van der Waals surface area contributed by atoms with Gasteiger partial charge in [0.1, 0.15) is 0 Å². The minimum atomic E-state index is 0.151. The molecule has 1 fully saturated rings. The number of halogens is 1. The van der Waals surface area contributed by atoms with Gasteiger partial charge in [0, 0.05) is 62.0 Å². The number of para-hydroxylation sites is 1. The van der Waals surface area contributed by atoms with Gasteiger partial charge in [-0.25, -0.2) is 4.68 Å². The summed E-state index contributed by atoms with van der Waals surface area (Å²) in [4.78, 5) is 15.9. The number of benzene rings is 2. The number of piperazine rings is 1. The molecular formula is C22H23ClN4O. The molecule has 0 atom stereocenters. The predicted octanol–water partition coefficient (Wildman–Crippen LogP) is 3.86. The van der Waals surface area contributed by atoms with Crippen molar-refractivity contribution in [1.29, 1.82) is 0 Å². The number of aromatic nitrogens is 2. The molecule has 2 aromatic carbocycles. The summed E-state index contributed by atoms with van der Waals surface area (Å²) in [7, 11) is 0. The van der Waals surface area contributed by atoms with Crippen LogP contribution in [-0.2, 0) is 11.3 Å². The fourth-order valence-electron chi connectivity index (χ4n) is 3.55. The standard InChI is InChI=1S/C22H23ClN4O/c1-17(28)26-13-11-25(12-14-26)15-19-16-27(21-5-3-2-4-6-21)24-22(19)18-7-9-20(23)10-8-18/h2-10,16H,11-15H2,1H3. The van der Waals surface area contributed by atoms with E-state index >= 15 is 0 Å². The molecule has 0 aliphatic carbocycles. The summed E-state index contributed by atoms with van der Waals surface area (Å²) in [6.45, 7) is 5.73. The summed E-state index contributed by atoms with van der Waals surface area (Å²) in [5.41, 5.74) is 4.22. The zero-order valence-corrected chi connectivity index (χ0v) is 16.6. The van der Waals surface area contributed by atoms with Gasteiger partial charge >= 0.3 is 0 Å². The molecule has 0 bridgehead atoms. The SMILES string of the molecule is CC(=O)N1CCN(Cc2cn(-c3ccccc3)nc2-c2ccc(Cl)cc2)CC1. The summed E-state index contributed by atoms with van der Waals surface area (Å²) >= 11 is 6.07. The Bertz CT molecular complexity index is 944. The molecule has 0 saturated carbocycles. The number of nitrogens with zero attached hydrogens (tertiary/aromatic N) is 4. The van der Waals surface area contributed by atoms with Crippen molar-refractivity contribution >= 4 is 17.5 Å². The van der Waals surface area contributed by atoms with Gasteiger partial charge in [0.15, 0.2) is 0 Å². The van der Waals surface area contributed by atoms with E-state index < -0.39 is 0 Å². The lowest BCUT2D eigenvalue weighted by atomic mass is 10.1. The van der Waals surface area contributed by atoms with Crippen molar-refractivity contribution < 1.29 is 4.79 Å². The van der Waals surface area contributed by atoms with Gasteiger partial charge in [0.2, 0.25) is 5.91 Å². The molecule has 28 heavy (non-hydrogen) atoms. The Balaban J connectivity index is 1.62. The zero-order valence-electron chi connectivity index (χ0n) is 15.9. The van der Waals surface area contributed by atoms with Crippen LogP contribution in [-0.4, -0.2) is 51.7 Å². The fourth-order valence-corrected chi connectivity index (χ4v) is 3.68. The van der Waals surface area contributed by atoms with Crippen molar-refractivity contribution in [1.82, 2.24) is 19.6 Å². The van der Waals surface area contributed by atoms with E-state index in [-0.39, 0.29) is 5.91 Å². The highest BCUT2D eigenvalue weighted by Gasteiger charge is 2.21. The maximum Gasteiger partial charge on any atom is 0.219 e. The maximum absolute atomic E-state index is 11.6. The van der Waals surface area contributed by atoms with E-state index in [0.29, 0.717) is 5.02 Å². The van der Waals surface area contributed by atoms with Gasteiger partial charge in [-0.3, -0.25) is 9.69 Å². The first-order valence-electron chi connectivity index (χ1n) is 9.48. The molecule has 144 valence electrons. The van der Waals surface area contributed by atoms with Crippen LogP contribution in [0, 0.1) is 0 Å². The van der Waals surface area contributed by atoms with Crippen LogP contribution in [0.3, 0.4) is 0 Å². The van der Waals surface area contributed by atoms with Crippen LogP contribution in [0.4, 0.5) is 0 Å². The van der Waals surface area contributed by atoms with E-state index in [1.54, 1.807) is 6.92 Å². The van der Waals surface area contributed by atoms with Gasteiger partial charge in [-0.1, -0.05) is 41.9 Å². The zero-order chi connectivity index (χ0) is 19.5. The Labute approximate surface area is 170 Å². The lowest BCUT2D eigenvalue weighted by Crippen LogP contribution is -2.47. The largest absolute Gasteiger partial charge is 0.340 e. The molecule has 6 heteroatoms. The van der Waals surface area contributed by atoms with Gasteiger partial charge in [0.25, 0.3) is 0 Å².